The fraction of sp³-hybridized carbons (Fsp3) is 0.364. The van der Waals surface area contributed by atoms with Gasteiger partial charge in [0.05, 0.1) is 24.3 Å². The molecule has 0 atom stereocenters. The highest BCUT2D eigenvalue weighted by Crippen LogP contribution is 2.17. The first-order valence-corrected chi connectivity index (χ1v) is 11.8. The molecule has 9 heteroatoms. The summed E-state index contributed by atoms with van der Waals surface area (Å²) in [5.74, 6) is -0.474. The van der Waals surface area contributed by atoms with E-state index in [1.165, 1.54) is 16.4 Å². The van der Waals surface area contributed by atoms with Crippen LogP contribution < -0.4 is 10.3 Å². The topological polar surface area (TPSA) is 91.3 Å². The molecule has 166 valence electrons. The van der Waals surface area contributed by atoms with Crippen molar-refractivity contribution in [3.63, 3.8) is 0 Å². The predicted octanol–water partition coefficient (Wildman–Crippen LogP) is 2.32. The second-order valence-corrected chi connectivity index (χ2v) is 8.95. The maximum absolute atomic E-state index is 12.7. The summed E-state index contributed by atoms with van der Waals surface area (Å²) in [5.41, 5.74) is 4.65. The number of sulfonamides is 1. The fourth-order valence-electron chi connectivity index (χ4n) is 3.33. The van der Waals surface area contributed by atoms with Crippen molar-refractivity contribution >= 4 is 27.8 Å². The van der Waals surface area contributed by atoms with Crippen molar-refractivity contribution in [2.45, 2.75) is 18.7 Å². The lowest BCUT2D eigenvalue weighted by Gasteiger charge is -2.28. The van der Waals surface area contributed by atoms with E-state index in [2.05, 4.69) is 15.4 Å². The van der Waals surface area contributed by atoms with Crippen molar-refractivity contribution in [2.75, 3.05) is 44.3 Å². The molecule has 1 aliphatic rings. The lowest BCUT2D eigenvalue weighted by Crippen LogP contribution is -2.36. The first-order valence-electron chi connectivity index (χ1n) is 10.3. The zero-order chi connectivity index (χ0) is 22.3. The van der Waals surface area contributed by atoms with Crippen molar-refractivity contribution in [2.24, 2.45) is 5.10 Å². The molecule has 1 aliphatic heterocycles. The number of nitrogens with one attached hydrogen (secondary N) is 1. The lowest BCUT2D eigenvalue weighted by molar-refractivity contribution is 0.0955. The SMILES string of the molecule is CCN(CC)S(=O)(=O)c1cccc(C(=O)N/N=C/c2ccc(N3CCOCC3)cc2)c1. The summed E-state index contributed by atoms with van der Waals surface area (Å²) in [6.07, 6.45) is 1.55. The normalized spacial score (nSPS) is 14.9. The van der Waals surface area contributed by atoms with Crippen molar-refractivity contribution in [1.82, 2.24) is 9.73 Å². The van der Waals surface area contributed by atoms with Gasteiger partial charge in [-0.1, -0.05) is 32.0 Å². The number of hydrogen-bond donors (Lipinski definition) is 1. The lowest BCUT2D eigenvalue weighted by atomic mass is 10.2. The molecule has 1 heterocycles. The zero-order valence-electron chi connectivity index (χ0n) is 17.8. The van der Waals surface area contributed by atoms with Gasteiger partial charge < -0.3 is 9.64 Å². The Bertz CT molecular complexity index is 1010. The molecule has 3 rings (SSSR count). The van der Waals surface area contributed by atoms with Gasteiger partial charge in [-0.25, -0.2) is 13.8 Å². The van der Waals surface area contributed by atoms with E-state index >= 15 is 0 Å². The van der Waals surface area contributed by atoms with Crippen molar-refractivity contribution in [1.29, 1.82) is 0 Å². The van der Waals surface area contributed by atoms with Crippen LogP contribution in [-0.4, -0.2) is 64.2 Å². The summed E-state index contributed by atoms with van der Waals surface area (Å²) in [5, 5.41) is 4.00. The van der Waals surface area contributed by atoms with Crippen molar-refractivity contribution in [3.05, 3.63) is 59.7 Å². The van der Waals surface area contributed by atoms with E-state index in [9.17, 15) is 13.2 Å². The fourth-order valence-corrected chi connectivity index (χ4v) is 4.84. The van der Waals surface area contributed by atoms with Gasteiger partial charge in [0.15, 0.2) is 0 Å². The molecule has 31 heavy (non-hydrogen) atoms. The monoisotopic (exact) mass is 444 g/mol. The largest absolute Gasteiger partial charge is 0.378 e. The Kier molecular flexibility index (Phi) is 7.78. The van der Waals surface area contributed by atoms with E-state index in [0.29, 0.717) is 13.1 Å². The number of benzene rings is 2. The molecule has 2 aromatic carbocycles. The molecule has 1 N–H and O–H groups in total. The van der Waals surface area contributed by atoms with Gasteiger partial charge in [-0.05, 0) is 35.9 Å². The summed E-state index contributed by atoms with van der Waals surface area (Å²) >= 11 is 0. The number of hydrazone groups is 1. The molecule has 0 saturated carbocycles. The van der Waals surface area contributed by atoms with Gasteiger partial charge >= 0.3 is 0 Å². The first kappa shape index (κ1) is 22.9. The molecular weight excluding hydrogens is 416 g/mol. The second-order valence-electron chi connectivity index (χ2n) is 7.01. The van der Waals surface area contributed by atoms with E-state index in [-0.39, 0.29) is 10.5 Å². The Balaban J connectivity index is 1.63. The van der Waals surface area contributed by atoms with E-state index in [4.69, 9.17) is 4.74 Å². The van der Waals surface area contributed by atoms with Gasteiger partial charge in [0, 0.05) is 37.4 Å². The Morgan fingerprint density at radius 3 is 2.45 bits per heavy atom. The Morgan fingerprint density at radius 1 is 1.13 bits per heavy atom. The third-order valence-electron chi connectivity index (χ3n) is 5.09. The van der Waals surface area contributed by atoms with E-state index in [1.807, 2.05) is 24.3 Å². The summed E-state index contributed by atoms with van der Waals surface area (Å²) < 4.78 is 32.0. The van der Waals surface area contributed by atoms with E-state index in [1.54, 1.807) is 32.2 Å². The molecule has 0 aromatic heterocycles. The molecule has 0 unspecified atom stereocenters. The number of amides is 1. The Hall–Kier alpha value is -2.75. The van der Waals surface area contributed by atoms with Crippen LogP contribution in [0.3, 0.4) is 0 Å². The van der Waals surface area contributed by atoms with Crippen LogP contribution in [0.15, 0.2) is 58.5 Å². The van der Waals surface area contributed by atoms with Crippen LogP contribution in [0.2, 0.25) is 0 Å². The average molecular weight is 445 g/mol. The van der Waals surface area contributed by atoms with Gasteiger partial charge in [-0.15, -0.1) is 0 Å². The standard InChI is InChI=1S/C22H28N4O4S/c1-3-26(4-2)31(28,29)21-7-5-6-19(16-21)22(27)24-23-17-18-8-10-20(11-9-18)25-12-14-30-15-13-25/h5-11,16-17H,3-4,12-15H2,1-2H3,(H,24,27)/b23-17+. The zero-order valence-corrected chi connectivity index (χ0v) is 18.6. The summed E-state index contributed by atoms with van der Waals surface area (Å²) in [6, 6.07) is 13.9. The van der Waals surface area contributed by atoms with Crippen LogP contribution in [0.4, 0.5) is 5.69 Å². The smallest absolute Gasteiger partial charge is 0.271 e. The molecule has 0 radical (unpaired) electrons. The van der Waals surface area contributed by atoms with Gasteiger partial charge in [0.2, 0.25) is 10.0 Å². The maximum Gasteiger partial charge on any atom is 0.271 e. The van der Waals surface area contributed by atoms with Crippen LogP contribution in [-0.2, 0) is 14.8 Å². The molecule has 0 aliphatic carbocycles. The maximum atomic E-state index is 12.7. The van der Waals surface area contributed by atoms with Crippen LogP contribution in [0.5, 0.6) is 0 Å². The number of ether oxygens (including phenoxy) is 1. The molecule has 0 spiro atoms. The van der Waals surface area contributed by atoms with Crippen LogP contribution >= 0.6 is 0 Å². The molecule has 1 amide bonds. The van der Waals surface area contributed by atoms with Crippen molar-refractivity contribution in [3.8, 4) is 0 Å². The van der Waals surface area contributed by atoms with Gasteiger partial charge in [0.25, 0.3) is 5.91 Å². The highest BCUT2D eigenvalue weighted by atomic mass is 32.2. The quantitative estimate of drug-likeness (QED) is 0.498. The van der Waals surface area contributed by atoms with Gasteiger partial charge in [0.1, 0.15) is 0 Å². The van der Waals surface area contributed by atoms with Crippen LogP contribution in [0.1, 0.15) is 29.8 Å². The predicted molar refractivity (Wildman–Crippen MR) is 121 cm³/mol. The molecule has 8 nitrogen and oxygen atoms in total. The number of nitrogens with zero attached hydrogens (tertiary/aromatic N) is 3. The highest BCUT2D eigenvalue weighted by molar-refractivity contribution is 7.89. The minimum absolute atomic E-state index is 0.0894. The number of morpholine rings is 1. The first-order chi connectivity index (χ1) is 15.0. The molecular formula is C22H28N4O4S. The number of carbonyl (C=O) groups excluding carboxylic acids is 1. The molecule has 0 bridgehead atoms. The van der Waals surface area contributed by atoms with E-state index < -0.39 is 15.9 Å². The number of anilines is 1. The Morgan fingerprint density at radius 2 is 1.81 bits per heavy atom. The van der Waals surface area contributed by atoms with Crippen LogP contribution in [0, 0.1) is 0 Å². The minimum atomic E-state index is -3.63. The van der Waals surface area contributed by atoms with Gasteiger partial charge in [-0.2, -0.15) is 9.41 Å². The van der Waals surface area contributed by atoms with E-state index in [0.717, 1.165) is 37.6 Å². The third-order valence-corrected chi connectivity index (χ3v) is 7.13. The van der Waals surface area contributed by atoms with Crippen LogP contribution in [0.25, 0.3) is 0 Å². The number of hydrogen-bond acceptors (Lipinski definition) is 6. The highest BCUT2D eigenvalue weighted by Gasteiger charge is 2.22. The average Bonchev–Trinajstić information content (AvgIpc) is 2.81. The van der Waals surface area contributed by atoms with Crippen molar-refractivity contribution < 1.29 is 17.9 Å². The minimum Gasteiger partial charge on any atom is -0.378 e. The molecule has 1 fully saturated rings. The molecule has 2 aromatic rings. The Labute approximate surface area is 183 Å². The summed E-state index contributed by atoms with van der Waals surface area (Å²) in [7, 11) is -3.63. The summed E-state index contributed by atoms with van der Waals surface area (Å²) in [4.78, 5) is 14.8. The van der Waals surface area contributed by atoms with Gasteiger partial charge in [-0.3, -0.25) is 4.79 Å². The molecule has 1 saturated heterocycles. The third kappa shape index (κ3) is 5.69. The summed E-state index contributed by atoms with van der Waals surface area (Å²) in [6.45, 7) is 7.48. The second kappa shape index (κ2) is 10.5. The number of rotatable bonds is 8. The number of carbonyl (C=O) groups is 1.